The van der Waals surface area contributed by atoms with Crippen molar-refractivity contribution >= 4 is 11.9 Å². The molecule has 0 atom stereocenters. The van der Waals surface area contributed by atoms with Gasteiger partial charge in [-0.25, -0.2) is 0 Å². The maximum Gasteiger partial charge on any atom is 0.317 e. The number of hydrogen-bond acceptors (Lipinski definition) is 8. The average Bonchev–Trinajstić information content (AvgIpc) is 2.83. The van der Waals surface area contributed by atoms with E-state index in [1.165, 1.54) is 0 Å². The molecule has 0 aromatic heterocycles. The number of esters is 2. The van der Waals surface area contributed by atoms with E-state index in [9.17, 15) is 9.59 Å². The van der Waals surface area contributed by atoms with Gasteiger partial charge in [0.2, 0.25) is 0 Å². The number of carbonyl (C=O) groups excluding carboxylic acids is 2. The van der Waals surface area contributed by atoms with Crippen molar-refractivity contribution in [2.45, 2.75) is 19.6 Å². The summed E-state index contributed by atoms with van der Waals surface area (Å²) in [4.78, 5) is 23.2. The second-order valence-corrected chi connectivity index (χ2v) is 6.92. The highest BCUT2D eigenvalue weighted by Crippen LogP contribution is 2.01. The van der Waals surface area contributed by atoms with Crippen LogP contribution in [0.2, 0.25) is 0 Å². The van der Waals surface area contributed by atoms with Crippen LogP contribution in [0.15, 0.2) is 60.7 Å². The van der Waals surface area contributed by atoms with Gasteiger partial charge in [0.25, 0.3) is 0 Å². The molecular weight excluding hydrogens is 428 g/mol. The Bertz CT molecular complexity index is 701. The minimum atomic E-state index is -0.654. The summed E-state index contributed by atoms with van der Waals surface area (Å²) in [5.41, 5.74) is 2.19. The Morgan fingerprint density at radius 2 is 0.848 bits per heavy atom. The van der Waals surface area contributed by atoms with Crippen molar-refractivity contribution in [1.82, 2.24) is 0 Å². The quantitative estimate of drug-likeness (QED) is 0.191. The lowest BCUT2D eigenvalue weighted by Gasteiger charge is -2.08. The van der Waals surface area contributed by atoms with Crippen molar-refractivity contribution in [3.8, 4) is 0 Å². The van der Waals surface area contributed by atoms with Crippen molar-refractivity contribution < 1.29 is 38.0 Å². The predicted octanol–water partition coefficient (Wildman–Crippen LogP) is 2.93. The first-order valence-electron chi connectivity index (χ1n) is 10.9. The lowest BCUT2D eigenvalue weighted by atomic mass is 10.2. The third-order valence-electron chi connectivity index (χ3n) is 4.24. The van der Waals surface area contributed by atoms with Gasteiger partial charge in [-0.2, -0.15) is 0 Å². The molecule has 0 amide bonds. The fraction of sp³-hybridized carbons (Fsp3) is 0.440. The fourth-order valence-corrected chi connectivity index (χ4v) is 2.62. The zero-order valence-electron chi connectivity index (χ0n) is 18.8. The third kappa shape index (κ3) is 14.1. The van der Waals surface area contributed by atoms with Gasteiger partial charge in [-0.05, 0) is 11.1 Å². The molecule has 0 saturated carbocycles. The summed E-state index contributed by atoms with van der Waals surface area (Å²) in [6.45, 7) is 3.31. The fourth-order valence-electron chi connectivity index (χ4n) is 2.62. The molecule has 0 N–H and O–H groups in total. The maximum atomic E-state index is 11.6. The van der Waals surface area contributed by atoms with E-state index >= 15 is 0 Å². The van der Waals surface area contributed by atoms with Crippen LogP contribution in [-0.2, 0) is 51.2 Å². The summed E-state index contributed by atoms with van der Waals surface area (Å²) >= 11 is 0. The number of ether oxygens (including phenoxy) is 6. The van der Waals surface area contributed by atoms with Crippen LogP contribution in [0.5, 0.6) is 0 Å². The Kier molecular flexibility index (Phi) is 14.2. The Labute approximate surface area is 194 Å². The molecule has 0 heterocycles. The van der Waals surface area contributed by atoms with Crippen LogP contribution in [0.3, 0.4) is 0 Å². The van der Waals surface area contributed by atoms with Crippen LogP contribution in [0, 0.1) is 0 Å². The molecule has 180 valence electrons. The van der Waals surface area contributed by atoms with Gasteiger partial charge in [0.05, 0.1) is 52.9 Å². The molecule has 2 aromatic rings. The lowest BCUT2D eigenvalue weighted by Crippen LogP contribution is -2.18. The smallest absolute Gasteiger partial charge is 0.317 e. The van der Waals surface area contributed by atoms with Crippen LogP contribution in [0.4, 0.5) is 0 Å². The number of rotatable bonds is 18. The summed E-state index contributed by atoms with van der Waals surface area (Å²) in [5.74, 6) is -1.31. The molecule has 0 radical (unpaired) electrons. The molecule has 33 heavy (non-hydrogen) atoms. The van der Waals surface area contributed by atoms with Crippen molar-refractivity contribution in [3.63, 3.8) is 0 Å². The Morgan fingerprint density at radius 1 is 0.485 bits per heavy atom. The van der Waals surface area contributed by atoms with Crippen LogP contribution in [0.25, 0.3) is 0 Å². The van der Waals surface area contributed by atoms with Gasteiger partial charge in [0.15, 0.2) is 0 Å². The van der Waals surface area contributed by atoms with Crippen molar-refractivity contribution in [1.29, 1.82) is 0 Å². The summed E-state index contributed by atoms with van der Waals surface area (Å²) in [7, 11) is 0. The molecule has 0 saturated heterocycles. The van der Waals surface area contributed by atoms with Crippen LogP contribution >= 0.6 is 0 Å². The molecule has 8 heteroatoms. The van der Waals surface area contributed by atoms with E-state index in [-0.39, 0.29) is 26.4 Å². The highest BCUT2D eigenvalue weighted by Gasteiger charge is 2.11. The Morgan fingerprint density at radius 3 is 1.27 bits per heavy atom. The summed E-state index contributed by atoms with van der Waals surface area (Å²) < 4.78 is 31.5. The summed E-state index contributed by atoms with van der Waals surface area (Å²) in [6, 6.07) is 19.7. The van der Waals surface area contributed by atoms with Crippen molar-refractivity contribution in [3.05, 3.63) is 71.8 Å². The molecule has 0 spiro atoms. The van der Waals surface area contributed by atoms with Gasteiger partial charge in [0, 0.05) is 0 Å². The number of hydrogen-bond donors (Lipinski definition) is 0. The van der Waals surface area contributed by atoms with Gasteiger partial charge in [-0.15, -0.1) is 0 Å². The minimum Gasteiger partial charge on any atom is -0.463 e. The van der Waals surface area contributed by atoms with E-state index in [1.807, 2.05) is 60.7 Å². The summed E-state index contributed by atoms with van der Waals surface area (Å²) in [5, 5.41) is 0. The Balaban J connectivity index is 1.33. The maximum absolute atomic E-state index is 11.6. The molecule has 0 aliphatic heterocycles. The molecule has 0 aliphatic carbocycles. The normalized spacial score (nSPS) is 10.7. The number of carbonyl (C=O) groups is 2. The Hall–Kier alpha value is -2.78. The third-order valence-corrected chi connectivity index (χ3v) is 4.24. The molecular formula is C25H32O8. The second-order valence-electron chi connectivity index (χ2n) is 6.92. The average molecular weight is 461 g/mol. The van der Waals surface area contributed by atoms with E-state index < -0.39 is 18.4 Å². The first kappa shape index (κ1) is 26.5. The van der Waals surface area contributed by atoms with Crippen LogP contribution in [-0.4, -0.2) is 64.8 Å². The van der Waals surface area contributed by atoms with E-state index in [2.05, 4.69) is 0 Å². The SMILES string of the molecule is O=C(CC(=O)OCCOCCOCc1ccccc1)OCCOCCOCc1ccccc1. The van der Waals surface area contributed by atoms with Gasteiger partial charge in [0.1, 0.15) is 19.6 Å². The van der Waals surface area contributed by atoms with Gasteiger partial charge < -0.3 is 28.4 Å². The molecule has 2 rings (SSSR count). The molecule has 0 unspecified atom stereocenters. The number of benzene rings is 2. The van der Waals surface area contributed by atoms with Crippen molar-refractivity contribution in [2.75, 3.05) is 52.9 Å². The van der Waals surface area contributed by atoms with Crippen LogP contribution in [0.1, 0.15) is 17.5 Å². The molecule has 0 bridgehead atoms. The van der Waals surface area contributed by atoms with E-state index in [1.54, 1.807) is 0 Å². The van der Waals surface area contributed by atoms with Crippen molar-refractivity contribution in [2.24, 2.45) is 0 Å². The van der Waals surface area contributed by atoms with Gasteiger partial charge >= 0.3 is 11.9 Å². The lowest BCUT2D eigenvalue weighted by molar-refractivity contribution is -0.156. The highest BCUT2D eigenvalue weighted by molar-refractivity contribution is 5.91. The monoisotopic (exact) mass is 460 g/mol. The van der Waals surface area contributed by atoms with Gasteiger partial charge in [-0.3, -0.25) is 9.59 Å². The topological polar surface area (TPSA) is 89.5 Å². The predicted molar refractivity (Wildman–Crippen MR) is 120 cm³/mol. The van der Waals surface area contributed by atoms with Gasteiger partial charge in [-0.1, -0.05) is 60.7 Å². The molecule has 0 fully saturated rings. The zero-order chi connectivity index (χ0) is 23.4. The summed E-state index contributed by atoms with van der Waals surface area (Å²) in [6.07, 6.45) is -0.444. The largest absolute Gasteiger partial charge is 0.463 e. The van der Waals surface area contributed by atoms with E-state index in [4.69, 9.17) is 28.4 Å². The molecule has 0 aliphatic rings. The molecule has 2 aromatic carbocycles. The zero-order valence-corrected chi connectivity index (χ0v) is 18.8. The minimum absolute atomic E-state index is 0.0664. The van der Waals surface area contributed by atoms with Crippen LogP contribution < -0.4 is 0 Å². The van der Waals surface area contributed by atoms with E-state index in [0.29, 0.717) is 39.6 Å². The first-order chi connectivity index (χ1) is 16.2. The second kappa shape index (κ2) is 17.7. The first-order valence-corrected chi connectivity index (χ1v) is 10.9. The molecule has 8 nitrogen and oxygen atoms in total. The van der Waals surface area contributed by atoms with E-state index in [0.717, 1.165) is 11.1 Å². The highest BCUT2D eigenvalue weighted by atomic mass is 16.6. The standard InChI is InChI=1S/C25H32O8/c26-24(32-17-15-28-11-13-30-20-22-7-3-1-4-8-22)19-25(27)33-18-16-29-12-14-31-21-23-9-5-2-6-10-23/h1-10H,11-21H2.